The van der Waals surface area contributed by atoms with Crippen LogP contribution in [0.1, 0.15) is 30.7 Å². The number of nitrogens with zero attached hydrogens (tertiary/aromatic N) is 1. The van der Waals surface area contributed by atoms with Crippen molar-refractivity contribution in [3.05, 3.63) is 46.7 Å². The summed E-state index contributed by atoms with van der Waals surface area (Å²) in [5.41, 5.74) is 1.78. The Morgan fingerprint density at radius 2 is 2.08 bits per heavy atom. The number of carbonyl (C=O) groups excluding carboxylic acids is 2. The van der Waals surface area contributed by atoms with Crippen molar-refractivity contribution in [3.8, 4) is 0 Å². The Labute approximate surface area is 145 Å². The van der Waals surface area contributed by atoms with Crippen LogP contribution in [0.4, 0.5) is 11.4 Å². The Morgan fingerprint density at radius 3 is 2.71 bits per heavy atom. The zero-order valence-corrected chi connectivity index (χ0v) is 14.4. The normalized spacial score (nSPS) is 15.4. The van der Waals surface area contributed by atoms with Crippen LogP contribution in [0.5, 0.6) is 0 Å². The van der Waals surface area contributed by atoms with Crippen LogP contribution in [0.3, 0.4) is 0 Å². The number of rotatable bonds is 6. The van der Waals surface area contributed by atoms with Crippen molar-refractivity contribution in [3.63, 3.8) is 0 Å². The van der Waals surface area contributed by atoms with Gasteiger partial charge in [0.2, 0.25) is 11.8 Å². The quantitative estimate of drug-likeness (QED) is 0.847. The smallest absolute Gasteiger partial charge is 0.239 e. The van der Waals surface area contributed by atoms with E-state index in [0.29, 0.717) is 6.42 Å². The maximum atomic E-state index is 12.0. The molecule has 0 bridgehead atoms. The molecule has 0 saturated carbocycles. The van der Waals surface area contributed by atoms with Gasteiger partial charge in [0.15, 0.2) is 0 Å². The molecule has 1 aliphatic heterocycles. The molecule has 0 radical (unpaired) electrons. The van der Waals surface area contributed by atoms with Crippen LogP contribution >= 0.6 is 11.3 Å². The third-order valence-electron chi connectivity index (χ3n) is 4.05. The molecule has 1 aliphatic rings. The number of anilines is 2. The molecule has 1 aromatic heterocycles. The molecule has 0 spiro atoms. The summed E-state index contributed by atoms with van der Waals surface area (Å²) in [5.74, 6) is 0.132. The van der Waals surface area contributed by atoms with Crippen LogP contribution in [0.15, 0.2) is 41.8 Å². The summed E-state index contributed by atoms with van der Waals surface area (Å²) in [4.78, 5) is 26.7. The van der Waals surface area contributed by atoms with E-state index in [2.05, 4.69) is 10.6 Å². The van der Waals surface area contributed by atoms with Gasteiger partial charge in [0.05, 0.1) is 12.6 Å². The monoisotopic (exact) mass is 343 g/mol. The molecule has 0 aliphatic carbocycles. The predicted octanol–water partition coefficient (Wildman–Crippen LogP) is 3.16. The van der Waals surface area contributed by atoms with Crippen LogP contribution in [0, 0.1) is 0 Å². The molecule has 1 saturated heterocycles. The first-order valence-electron chi connectivity index (χ1n) is 8.10. The van der Waals surface area contributed by atoms with Gasteiger partial charge in [-0.15, -0.1) is 11.3 Å². The third-order valence-corrected chi connectivity index (χ3v) is 5.11. The van der Waals surface area contributed by atoms with Crippen molar-refractivity contribution in [1.82, 2.24) is 5.32 Å². The zero-order chi connectivity index (χ0) is 16.9. The minimum Gasteiger partial charge on any atom is -0.376 e. The summed E-state index contributed by atoms with van der Waals surface area (Å²) in [5, 5.41) is 8.09. The number of amides is 2. The summed E-state index contributed by atoms with van der Waals surface area (Å²) in [6.07, 6.45) is 1.55. The molecular formula is C18H21N3O2S. The Bertz CT molecular complexity index is 698. The lowest BCUT2D eigenvalue weighted by Crippen LogP contribution is -2.31. The van der Waals surface area contributed by atoms with Crippen molar-refractivity contribution in [2.75, 3.05) is 23.3 Å². The average molecular weight is 343 g/mol. The molecule has 1 fully saturated rings. The topological polar surface area (TPSA) is 61.4 Å². The summed E-state index contributed by atoms with van der Waals surface area (Å²) in [7, 11) is 0. The highest BCUT2D eigenvalue weighted by molar-refractivity contribution is 7.10. The third kappa shape index (κ3) is 3.94. The second-order valence-corrected chi connectivity index (χ2v) is 6.83. The zero-order valence-electron chi connectivity index (χ0n) is 13.6. The van der Waals surface area contributed by atoms with Crippen LogP contribution < -0.4 is 15.5 Å². The Morgan fingerprint density at radius 1 is 1.29 bits per heavy atom. The van der Waals surface area contributed by atoms with Gasteiger partial charge in [-0.25, -0.2) is 0 Å². The minimum atomic E-state index is -0.0466. The highest BCUT2D eigenvalue weighted by atomic mass is 32.1. The molecule has 3 rings (SSSR count). The van der Waals surface area contributed by atoms with E-state index in [0.717, 1.165) is 29.2 Å². The van der Waals surface area contributed by atoms with Crippen molar-refractivity contribution in [1.29, 1.82) is 0 Å². The number of nitrogens with one attached hydrogen (secondary N) is 2. The molecular weight excluding hydrogens is 322 g/mol. The number of hydrogen-bond acceptors (Lipinski definition) is 4. The molecule has 2 aromatic rings. The van der Waals surface area contributed by atoms with Crippen molar-refractivity contribution in [2.45, 2.75) is 25.8 Å². The average Bonchev–Trinajstić information content (AvgIpc) is 3.25. The van der Waals surface area contributed by atoms with E-state index in [1.807, 2.05) is 48.7 Å². The first kappa shape index (κ1) is 16.5. The van der Waals surface area contributed by atoms with E-state index in [1.54, 1.807) is 16.2 Å². The van der Waals surface area contributed by atoms with E-state index in [1.165, 1.54) is 0 Å². The lowest BCUT2D eigenvalue weighted by Gasteiger charge is -2.16. The molecule has 126 valence electrons. The standard InChI is InChI=1S/C18H21N3O2S/c1-13(16-4-3-11-24-16)20-17(22)12-19-14-6-8-15(9-7-14)21-10-2-5-18(21)23/h3-4,6-9,11,13,19H,2,5,10,12H2,1H3,(H,20,22). The molecule has 2 N–H and O–H groups in total. The molecule has 1 atom stereocenters. The van der Waals surface area contributed by atoms with Gasteiger partial charge in [-0.1, -0.05) is 6.07 Å². The number of carbonyl (C=O) groups is 2. The van der Waals surface area contributed by atoms with Gasteiger partial charge in [0.25, 0.3) is 0 Å². The van der Waals surface area contributed by atoms with Gasteiger partial charge in [-0.2, -0.15) is 0 Å². The lowest BCUT2D eigenvalue weighted by molar-refractivity contribution is -0.120. The minimum absolute atomic E-state index is 0.0165. The van der Waals surface area contributed by atoms with Gasteiger partial charge >= 0.3 is 0 Å². The molecule has 2 amide bonds. The van der Waals surface area contributed by atoms with Gasteiger partial charge in [0, 0.05) is 29.2 Å². The largest absolute Gasteiger partial charge is 0.376 e. The molecule has 24 heavy (non-hydrogen) atoms. The van der Waals surface area contributed by atoms with E-state index in [-0.39, 0.29) is 24.4 Å². The fourth-order valence-electron chi connectivity index (χ4n) is 2.76. The maximum Gasteiger partial charge on any atom is 0.239 e. The number of thiophene rings is 1. The van der Waals surface area contributed by atoms with Gasteiger partial charge in [-0.3, -0.25) is 9.59 Å². The molecule has 2 heterocycles. The van der Waals surface area contributed by atoms with Crippen molar-refractivity contribution >= 4 is 34.5 Å². The highest BCUT2D eigenvalue weighted by Crippen LogP contribution is 2.23. The van der Waals surface area contributed by atoms with E-state index in [4.69, 9.17) is 0 Å². The number of benzene rings is 1. The first-order chi connectivity index (χ1) is 11.6. The fraction of sp³-hybridized carbons (Fsp3) is 0.333. The Kier molecular flexibility index (Phi) is 5.15. The van der Waals surface area contributed by atoms with Gasteiger partial charge < -0.3 is 15.5 Å². The maximum absolute atomic E-state index is 12.0. The molecule has 6 heteroatoms. The van der Waals surface area contributed by atoms with Crippen molar-refractivity contribution < 1.29 is 9.59 Å². The predicted molar refractivity (Wildman–Crippen MR) is 97.4 cm³/mol. The van der Waals surface area contributed by atoms with E-state index < -0.39 is 0 Å². The Balaban J connectivity index is 1.49. The van der Waals surface area contributed by atoms with Crippen LogP contribution in [-0.2, 0) is 9.59 Å². The lowest BCUT2D eigenvalue weighted by atomic mass is 10.2. The van der Waals surface area contributed by atoms with E-state index in [9.17, 15) is 9.59 Å². The SMILES string of the molecule is CC(NC(=O)CNc1ccc(N2CCCC2=O)cc1)c1cccs1. The summed E-state index contributed by atoms with van der Waals surface area (Å²) < 4.78 is 0. The molecule has 5 nitrogen and oxygen atoms in total. The van der Waals surface area contributed by atoms with E-state index >= 15 is 0 Å². The van der Waals surface area contributed by atoms with Crippen LogP contribution in [-0.4, -0.2) is 24.9 Å². The fourth-order valence-corrected chi connectivity index (χ4v) is 3.50. The number of hydrogen-bond donors (Lipinski definition) is 2. The van der Waals surface area contributed by atoms with Crippen LogP contribution in [0.25, 0.3) is 0 Å². The second-order valence-electron chi connectivity index (χ2n) is 5.85. The molecule has 1 unspecified atom stereocenters. The second kappa shape index (κ2) is 7.49. The van der Waals surface area contributed by atoms with Gasteiger partial charge in [-0.05, 0) is 49.1 Å². The summed E-state index contributed by atoms with van der Waals surface area (Å²) in [6, 6.07) is 11.6. The summed E-state index contributed by atoms with van der Waals surface area (Å²) in [6.45, 7) is 2.98. The highest BCUT2D eigenvalue weighted by Gasteiger charge is 2.21. The Hall–Kier alpha value is -2.34. The first-order valence-corrected chi connectivity index (χ1v) is 8.98. The van der Waals surface area contributed by atoms with Crippen molar-refractivity contribution in [2.24, 2.45) is 0 Å². The summed E-state index contributed by atoms with van der Waals surface area (Å²) >= 11 is 1.63. The molecule has 1 aromatic carbocycles. The van der Waals surface area contributed by atoms with Gasteiger partial charge in [0.1, 0.15) is 0 Å². The van der Waals surface area contributed by atoms with Crippen LogP contribution in [0.2, 0.25) is 0 Å².